The molecule has 0 aliphatic heterocycles. The van der Waals surface area contributed by atoms with Gasteiger partial charge in [-0.2, -0.15) is 0 Å². The predicted molar refractivity (Wildman–Crippen MR) is 46.3 cm³/mol. The lowest BCUT2D eigenvalue weighted by atomic mass is 10.2. The number of alkyl halides is 2. The van der Waals surface area contributed by atoms with Crippen LogP contribution in [0.25, 0.3) is 0 Å². The van der Waals surface area contributed by atoms with Gasteiger partial charge < -0.3 is 9.72 Å². The van der Waals surface area contributed by atoms with E-state index in [-0.39, 0.29) is 5.75 Å². The van der Waals surface area contributed by atoms with E-state index in [1.54, 1.807) is 0 Å². The van der Waals surface area contributed by atoms with Gasteiger partial charge in [-0.3, -0.25) is 4.79 Å². The summed E-state index contributed by atoms with van der Waals surface area (Å²) in [6.07, 6.45) is -2.84. The van der Waals surface area contributed by atoms with Crippen molar-refractivity contribution in [1.82, 2.24) is 4.98 Å². The maximum Gasteiger partial charge on any atom is 0.272 e. The van der Waals surface area contributed by atoms with Crippen LogP contribution >= 0.6 is 15.9 Å². The highest BCUT2D eigenvalue weighted by molar-refractivity contribution is 9.10. The Hall–Kier alpha value is -0.910. The zero-order chi connectivity index (χ0) is 10.0. The maximum atomic E-state index is 12.3. The average Bonchev–Trinajstić information content (AvgIpc) is 2.01. The maximum absolute atomic E-state index is 12.3. The Bertz CT molecular complexity index is 364. The van der Waals surface area contributed by atoms with E-state index in [4.69, 9.17) is 0 Å². The zero-order valence-corrected chi connectivity index (χ0v) is 8.19. The van der Waals surface area contributed by atoms with Crippen molar-refractivity contribution in [1.29, 1.82) is 0 Å². The van der Waals surface area contributed by atoms with Gasteiger partial charge in [0.15, 0.2) is 0 Å². The van der Waals surface area contributed by atoms with Gasteiger partial charge in [0.2, 0.25) is 0 Å². The summed E-state index contributed by atoms with van der Waals surface area (Å²) < 4.78 is 29.5. The van der Waals surface area contributed by atoms with Gasteiger partial charge in [0, 0.05) is 6.07 Å². The van der Waals surface area contributed by atoms with Crippen LogP contribution in [0.4, 0.5) is 8.78 Å². The largest absolute Gasteiger partial charge is 0.496 e. The summed E-state index contributed by atoms with van der Waals surface area (Å²) in [5.41, 5.74) is -1.49. The third kappa shape index (κ3) is 2.06. The van der Waals surface area contributed by atoms with E-state index in [9.17, 15) is 13.6 Å². The fourth-order valence-corrected chi connectivity index (χ4v) is 1.28. The number of hydrogen-bond acceptors (Lipinski definition) is 2. The SMILES string of the molecule is COc1cc(Br)[nH]c(=O)c1C(F)F. The number of nitrogens with one attached hydrogen (secondary N) is 1. The molecule has 0 aliphatic carbocycles. The van der Waals surface area contributed by atoms with E-state index in [2.05, 4.69) is 25.7 Å². The van der Waals surface area contributed by atoms with Crippen LogP contribution in [0.3, 0.4) is 0 Å². The predicted octanol–water partition coefficient (Wildman–Crippen LogP) is 2.08. The van der Waals surface area contributed by atoms with Crippen LogP contribution in [0.1, 0.15) is 12.0 Å². The van der Waals surface area contributed by atoms with Crippen molar-refractivity contribution in [3.05, 3.63) is 26.6 Å². The topological polar surface area (TPSA) is 42.1 Å². The second-order valence-corrected chi connectivity index (χ2v) is 3.08. The summed E-state index contributed by atoms with van der Waals surface area (Å²) in [6.45, 7) is 0. The smallest absolute Gasteiger partial charge is 0.272 e. The number of hydrogen-bond donors (Lipinski definition) is 1. The molecule has 1 aromatic heterocycles. The number of halogens is 3. The van der Waals surface area contributed by atoms with E-state index in [0.29, 0.717) is 4.60 Å². The Labute approximate surface area is 80.9 Å². The molecular formula is C7H6BrF2NO2. The highest BCUT2D eigenvalue weighted by Crippen LogP contribution is 2.26. The molecule has 0 radical (unpaired) electrons. The molecule has 1 heterocycles. The Morgan fingerprint density at radius 1 is 1.62 bits per heavy atom. The Morgan fingerprint density at radius 3 is 2.69 bits per heavy atom. The van der Waals surface area contributed by atoms with Gasteiger partial charge in [-0.15, -0.1) is 0 Å². The first-order valence-corrected chi connectivity index (χ1v) is 4.10. The van der Waals surface area contributed by atoms with Crippen molar-refractivity contribution in [2.45, 2.75) is 6.43 Å². The van der Waals surface area contributed by atoms with E-state index in [1.807, 2.05) is 0 Å². The number of H-pyrrole nitrogens is 1. The standard InChI is InChI=1S/C7H6BrF2NO2/c1-13-3-2-4(8)11-7(12)5(3)6(9)10/h2,6H,1H3,(H,11,12). The number of aromatic nitrogens is 1. The first-order chi connectivity index (χ1) is 6.06. The molecule has 1 N–H and O–H groups in total. The lowest BCUT2D eigenvalue weighted by molar-refractivity contribution is 0.145. The third-order valence-electron chi connectivity index (χ3n) is 1.44. The van der Waals surface area contributed by atoms with Crippen LogP contribution in [0.5, 0.6) is 5.75 Å². The van der Waals surface area contributed by atoms with E-state index in [1.165, 1.54) is 13.2 Å². The number of ether oxygens (including phenoxy) is 1. The van der Waals surface area contributed by atoms with Crippen LogP contribution in [-0.2, 0) is 0 Å². The van der Waals surface area contributed by atoms with Crippen LogP contribution in [0.15, 0.2) is 15.5 Å². The lowest BCUT2D eigenvalue weighted by Gasteiger charge is -2.06. The van der Waals surface area contributed by atoms with Crippen LogP contribution in [0, 0.1) is 0 Å². The summed E-state index contributed by atoms with van der Waals surface area (Å²) in [6, 6.07) is 1.28. The number of rotatable bonds is 2. The fourth-order valence-electron chi connectivity index (χ4n) is 0.892. The molecule has 0 aliphatic rings. The van der Waals surface area contributed by atoms with Crippen LogP contribution < -0.4 is 10.3 Å². The molecule has 0 aromatic carbocycles. The highest BCUT2D eigenvalue weighted by atomic mass is 79.9. The minimum absolute atomic E-state index is 0.120. The molecule has 13 heavy (non-hydrogen) atoms. The minimum Gasteiger partial charge on any atom is -0.496 e. The molecule has 0 bridgehead atoms. The molecule has 0 saturated heterocycles. The molecule has 0 spiro atoms. The van der Waals surface area contributed by atoms with Gasteiger partial charge in [0.1, 0.15) is 11.3 Å². The van der Waals surface area contributed by atoms with Gasteiger partial charge in [-0.05, 0) is 15.9 Å². The number of aromatic amines is 1. The quantitative estimate of drug-likeness (QED) is 0.821. The van der Waals surface area contributed by atoms with Crippen molar-refractivity contribution in [2.24, 2.45) is 0 Å². The van der Waals surface area contributed by atoms with Crippen molar-refractivity contribution < 1.29 is 13.5 Å². The molecule has 0 saturated carbocycles. The summed E-state index contributed by atoms with van der Waals surface area (Å²) in [5.74, 6) is -0.120. The van der Waals surface area contributed by atoms with Crippen molar-refractivity contribution >= 4 is 15.9 Å². The van der Waals surface area contributed by atoms with Crippen molar-refractivity contribution in [2.75, 3.05) is 7.11 Å². The first kappa shape index (κ1) is 10.2. The van der Waals surface area contributed by atoms with Crippen molar-refractivity contribution in [3.8, 4) is 5.75 Å². The molecule has 1 aromatic rings. The Balaban J connectivity index is 3.39. The second-order valence-electron chi connectivity index (χ2n) is 2.23. The molecule has 72 valence electrons. The molecule has 6 heteroatoms. The van der Waals surface area contributed by atoms with Gasteiger partial charge in [0.05, 0.1) is 11.7 Å². The molecule has 1 rings (SSSR count). The van der Waals surface area contributed by atoms with Crippen LogP contribution in [0.2, 0.25) is 0 Å². The summed E-state index contributed by atoms with van der Waals surface area (Å²) in [5, 5.41) is 0. The number of pyridine rings is 1. The van der Waals surface area contributed by atoms with E-state index < -0.39 is 17.5 Å². The molecule has 3 nitrogen and oxygen atoms in total. The average molecular weight is 254 g/mol. The summed E-state index contributed by atoms with van der Waals surface area (Å²) in [7, 11) is 1.23. The Kier molecular flexibility index (Phi) is 3.02. The molecular weight excluding hydrogens is 248 g/mol. The van der Waals surface area contributed by atoms with E-state index in [0.717, 1.165) is 0 Å². The van der Waals surface area contributed by atoms with Crippen molar-refractivity contribution in [3.63, 3.8) is 0 Å². The van der Waals surface area contributed by atoms with Gasteiger partial charge >= 0.3 is 0 Å². The normalized spacial score (nSPS) is 10.5. The monoisotopic (exact) mass is 253 g/mol. The summed E-state index contributed by atoms with van der Waals surface area (Å²) >= 11 is 2.96. The van der Waals surface area contributed by atoms with Gasteiger partial charge in [-0.25, -0.2) is 8.78 Å². The van der Waals surface area contributed by atoms with Gasteiger partial charge in [-0.1, -0.05) is 0 Å². The highest BCUT2D eigenvalue weighted by Gasteiger charge is 2.18. The fraction of sp³-hybridized carbons (Fsp3) is 0.286. The second kappa shape index (κ2) is 3.87. The van der Waals surface area contributed by atoms with Gasteiger partial charge in [0.25, 0.3) is 12.0 Å². The van der Waals surface area contributed by atoms with E-state index >= 15 is 0 Å². The Morgan fingerprint density at radius 2 is 2.23 bits per heavy atom. The minimum atomic E-state index is -2.84. The zero-order valence-electron chi connectivity index (χ0n) is 6.61. The first-order valence-electron chi connectivity index (χ1n) is 3.31. The third-order valence-corrected chi connectivity index (χ3v) is 1.87. The molecule has 0 amide bonds. The van der Waals surface area contributed by atoms with Crippen LogP contribution in [-0.4, -0.2) is 12.1 Å². The summed E-state index contributed by atoms with van der Waals surface area (Å²) in [4.78, 5) is 13.2. The molecule has 0 atom stereocenters. The number of methoxy groups -OCH3 is 1. The lowest BCUT2D eigenvalue weighted by Crippen LogP contribution is -2.14. The molecule has 0 unspecified atom stereocenters. The molecule has 0 fully saturated rings.